The molecule has 0 saturated carbocycles. The van der Waals surface area contributed by atoms with E-state index in [4.69, 9.17) is 5.11 Å². The highest BCUT2D eigenvalue weighted by Gasteiger charge is 2.14. The molecule has 0 heterocycles. The molecule has 0 aliphatic carbocycles. The molecule has 1 aromatic rings. The van der Waals surface area contributed by atoms with Gasteiger partial charge in [-0.2, -0.15) is 0 Å². The van der Waals surface area contributed by atoms with Crippen LogP contribution in [0.2, 0.25) is 0 Å². The van der Waals surface area contributed by atoms with Gasteiger partial charge in [0.15, 0.2) is 17.5 Å². The third-order valence-corrected chi connectivity index (χ3v) is 2.10. The van der Waals surface area contributed by atoms with E-state index in [2.05, 4.69) is 10.6 Å². The summed E-state index contributed by atoms with van der Waals surface area (Å²) in [5.74, 6) is -5.61. The predicted molar refractivity (Wildman–Crippen MR) is 60.2 cm³/mol. The van der Waals surface area contributed by atoms with Crippen molar-refractivity contribution in [3.8, 4) is 0 Å². The number of urea groups is 1. The highest BCUT2D eigenvalue weighted by atomic mass is 19.2. The van der Waals surface area contributed by atoms with Crippen LogP contribution in [0.25, 0.3) is 0 Å². The first kappa shape index (κ1) is 14.8. The van der Waals surface area contributed by atoms with Gasteiger partial charge in [0.05, 0.1) is 6.42 Å². The van der Waals surface area contributed by atoms with E-state index in [1.54, 1.807) is 0 Å². The van der Waals surface area contributed by atoms with E-state index in [1.165, 1.54) is 6.92 Å². The molecule has 1 atom stereocenters. The predicted octanol–water partition coefficient (Wildman–Crippen LogP) is 2.09. The molecule has 19 heavy (non-hydrogen) atoms. The first-order valence-electron chi connectivity index (χ1n) is 5.23. The number of hydrogen-bond acceptors (Lipinski definition) is 2. The van der Waals surface area contributed by atoms with Crippen molar-refractivity contribution < 1.29 is 27.9 Å². The van der Waals surface area contributed by atoms with Gasteiger partial charge in [-0.15, -0.1) is 0 Å². The molecule has 3 N–H and O–H groups in total. The molecule has 0 fully saturated rings. The van der Waals surface area contributed by atoms with Crippen molar-refractivity contribution in [1.29, 1.82) is 0 Å². The molecule has 1 rings (SSSR count). The second-order valence-electron chi connectivity index (χ2n) is 3.85. The van der Waals surface area contributed by atoms with Gasteiger partial charge in [0.25, 0.3) is 0 Å². The highest BCUT2D eigenvalue weighted by molar-refractivity contribution is 5.89. The molecule has 0 radical (unpaired) electrons. The second kappa shape index (κ2) is 6.07. The number of carboxylic acid groups (broad SMARTS) is 1. The van der Waals surface area contributed by atoms with Gasteiger partial charge in [0.2, 0.25) is 0 Å². The zero-order chi connectivity index (χ0) is 14.6. The summed E-state index contributed by atoms with van der Waals surface area (Å²) in [6, 6.07) is -0.300. The number of aliphatic carboxylic acids is 1. The molecule has 8 heteroatoms. The highest BCUT2D eigenvalue weighted by Crippen LogP contribution is 2.17. The van der Waals surface area contributed by atoms with E-state index < -0.39 is 35.5 Å². The average Bonchev–Trinajstić information content (AvgIpc) is 2.23. The molecule has 1 aromatic carbocycles. The fourth-order valence-corrected chi connectivity index (χ4v) is 1.33. The lowest BCUT2D eigenvalue weighted by Gasteiger charge is -2.12. The Morgan fingerprint density at radius 1 is 1.26 bits per heavy atom. The SMILES string of the molecule is CC(CC(=O)O)NC(=O)Nc1cc(F)c(F)c(F)c1. The third-order valence-electron chi connectivity index (χ3n) is 2.10. The number of carbonyl (C=O) groups is 2. The Bertz CT molecular complexity index is 485. The molecule has 104 valence electrons. The number of nitrogens with one attached hydrogen (secondary N) is 2. The molecular weight excluding hydrogens is 265 g/mol. The van der Waals surface area contributed by atoms with E-state index in [9.17, 15) is 22.8 Å². The lowest BCUT2D eigenvalue weighted by atomic mass is 10.2. The molecule has 1 unspecified atom stereocenters. The van der Waals surface area contributed by atoms with Gasteiger partial charge < -0.3 is 15.7 Å². The summed E-state index contributed by atoms with van der Waals surface area (Å²) in [5.41, 5.74) is -0.281. The van der Waals surface area contributed by atoms with Gasteiger partial charge in [-0.3, -0.25) is 4.79 Å². The first-order valence-corrected chi connectivity index (χ1v) is 5.23. The number of halogens is 3. The molecule has 0 aliphatic rings. The van der Waals surface area contributed by atoms with Crippen LogP contribution < -0.4 is 10.6 Å². The van der Waals surface area contributed by atoms with Crippen molar-refractivity contribution in [2.45, 2.75) is 19.4 Å². The number of amides is 2. The maximum Gasteiger partial charge on any atom is 0.319 e. The van der Waals surface area contributed by atoms with E-state index in [0.29, 0.717) is 12.1 Å². The van der Waals surface area contributed by atoms with Crippen LogP contribution in [-0.4, -0.2) is 23.1 Å². The zero-order valence-electron chi connectivity index (χ0n) is 9.84. The fraction of sp³-hybridized carbons (Fsp3) is 0.273. The lowest BCUT2D eigenvalue weighted by Crippen LogP contribution is -2.37. The summed E-state index contributed by atoms with van der Waals surface area (Å²) in [6.45, 7) is 1.44. The monoisotopic (exact) mass is 276 g/mol. The van der Waals surface area contributed by atoms with Gasteiger partial charge in [-0.05, 0) is 6.92 Å². The number of carboxylic acids is 1. The third kappa shape index (κ3) is 4.49. The van der Waals surface area contributed by atoms with E-state index >= 15 is 0 Å². The van der Waals surface area contributed by atoms with E-state index in [1.807, 2.05) is 0 Å². The Morgan fingerprint density at radius 2 is 1.79 bits per heavy atom. The zero-order valence-corrected chi connectivity index (χ0v) is 9.84. The van der Waals surface area contributed by atoms with Crippen LogP contribution in [0.5, 0.6) is 0 Å². The number of anilines is 1. The Labute approximate surface area is 106 Å². The largest absolute Gasteiger partial charge is 0.481 e. The van der Waals surface area contributed by atoms with Crippen LogP contribution in [0.1, 0.15) is 13.3 Å². The van der Waals surface area contributed by atoms with Crippen molar-refractivity contribution in [2.75, 3.05) is 5.32 Å². The van der Waals surface area contributed by atoms with Crippen LogP contribution in [0.3, 0.4) is 0 Å². The quantitative estimate of drug-likeness (QED) is 0.737. The van der Waals surface area contributed by atoms with Gasteiger partial charge in [-0.1, -0.05) is 0 Å². The van der Waals surface area contributed by atoms with Crippen molar-refractivity contribution in [3.63, 3.8) is 0 Å². The van der Waals surface area contributed by atoms with Crippen LogP contribution in [-0.2, 0) is 4.79 Å². The molecule has 0 aromatic heterocycles. The Kier molecular flexibility index (Phi) is 4.74. The Morgan fingerprint density at radius 3 is 2.26 bits per heavy atom. The molecule has 0 saturated heterocycles. The van der Waals surface area contributed by atoms with Crippen LogP contribution >= 0.6 is 0 Å². The molecular formula is C11H11F3N2O3. The van der Waals surface area contributed by atoms with Gasteiger partial charge in [0.1, 0.15) is 0 Å². The summed E-state index contributed by atoms with van der Waals surface area (Å²) >= 11 is 0. The molecule has 0 spiro atoms. The second-order valence-corrected chi connectivity index (χ2v) is 3.85. The van der Waals surface area contributed by atoms with Gasteiger partial charge >= 0.3 is 12.0 Å². The van der Waals surface area contributed by atoms with Crippen molar-refractivity contribution in [1.82, 2.24) is 5.32 Å². The Hall–Kier alpha value is -2.25. The summed E-state index contributed by atoms with van der Waals surface area (Å²) in [4.78, 5) is 21.7. The minimum atomic E-state index is -1.63. The van der Waals surface area contributed by atoms with E-state index in [-0.39, 0.29) is 12.1 Å². The summed E-state index contributed by atoms with van der Waals surface area (Å²) in [6.07, 6.45) is -0.306. The minimum absolute atomic E-state index is 0.281. The average molecular weight is 276 g/mol. The van der Waals surface area contributed by atoms with Gasteiger partial charge in [0, 0.05) is 23.9 Å². The van der Waals surface area contributed by atoms with Crippen molar-refractivity contribution in [2.24, 2.45) is 0 Å². The van der Waals surface area contributed by atoms with Crippen LogP contribution in [0.15, 0.2) is 12.1 Å². The number of hydrogen-bond donors (Lipinski definition) is 3. The maximum absolute atomic E-state index is 12.9. The summed E-state index contributed by atoms with van der Waals surface area (Å²) in [7, 11) is 0. The molecule has 0 aliphatic heterocycles. The minimum Gasteiger partial charge on any atom is -0.481 e. The number of benzene rings is 1. The topological polar surface area (TPSA) is 78.4 Å². The first-order chi connectivity index (χ1) is 8.79. The smallest absolute Gasteiger partial charge is 0.319 e. The number of carbonyl (C=O) groups excluding carboxylic acids is 1. The fourth-order valence-electron chi connectivity index (χ4n) is 1.33. The van der Waals surface area contributed by atoms with Crippen molar-refractivity contribution >= 4 is 17.7 Å². The van der Waals surface area contributed by atoms with Gasteiger partial charge in [-0.25, -0.2) is 18.0 Å². The normalized spacial score (nSPS) is 11.8. The van der Waals surface area contributed by atoms with Crippen LogP contribution in [0, 0.1) is 17.5 Å². The van der Waals surface area contributed by atoms with Crippen molar-refractivity contribution in [3.05, 3.63) is 29.6 Å². The number of rotatable bonds is 4. The molecule has 2 amide bonds. The standard InChI is InChI=1S/C11H11F3N2O3/c1-5(2-9(17)18)15-11(19)16-6-3-7(12)10(14)8(13)4-6/h3-5H,2H2,1H3,(H,17,18)(H2,15,16,19). The maximum atomic E-state index is 12.9. The lowest BCUT2D eigenvalue weighted by molar-refractivity contribution is -0.137. The Balaban J connectivity index is 2.65. The van der Waals surface area contributed by atoms with E-state index in [0.717, 1.165) is 0 Å². The molecule has 0 bridgehead atoms. The molecule has 5 nitrogen and oxygen atoms in total. The summed E-state index contributed by atoms with van der Waals surface area (Å²) in [5, 5.41) is 12.8. The van der Waals surface area contributed by atoms with Crippen LogP contribution in [0.4, 0.5) is 23.7 Å². The summed E-state index contributed by atoms with van der Waals surface area (Å²) < 4.78 is 38.4.